The molecule has 31 heavy (non-hydrogen) atoms. The van der Waals surface area contributed by atoms with Gasteiger partial charge in [0.05, 0.1) is 0 Å². The third-order valence-electron chi connectivity index (χ3n) is 6.59. The Morgan fingerprint density at radius 3 is 2.74 bits per heavy atom. The molecule has 2 amide bonds. The number of likely N-dealkylation sites (tertiary alicyclic amines) is 1. The SMILES string of the molecule is CCNC(=O)C1(Cc2ccccc2-c2ccncc2)CCCN1C(=O)CC1C=CCC1. The Bertz CT molecular complexity index is 956. The van der Waals surface area contributed by atoms with Crippen LogP contribution in [0.4, 0.5) is 0 Å². The van der Waals surface area contributed by atoms with Crippen molar-refractivity contribution < 1.29 is 9.59 Å². The normalized spacial score (nSPS) is 22.6. The van der Waals surface area contributed by atoms with Crippen molar-refractivity contribution in [3.05, 3.63) is 66.5 Å². The lowest BCUT2D eigenvalue weighted by Gasteiger charge is -2.38. The summed E-state index contributed by atoms with van der Waals surface area (Å²) in [6.45, 7) is 3.13. The van der Waals surface area contributed by atoms with Crippen LogP contribution in [0, 0.1) is 5.92 Å². The first kappa shape index (κ1) is 21.3. The fourth-order valence-corrected chi connectivity index (χ4v) is 5.07. The van der Waals surface area contributed by atoms with Gasteiger partial charge in [-0.1, -0.05) is 36.4 Å². The third kappa shape index (κ3) is 4.41. The van der Waals surface area contributed by atoms with Crippen molar-refractivity contribution in [3.63, 3.8) is 0 Å². The molecule has 1 aliphatic heterocycles. The summed E-state index contributed by atoms with van der Waals surface area (Å²) in [6, 6.07) is 12.2. The lowest BCUT2D eigenvalue weighted by molar-refractivity contribution is -0.145. The minimum Gasteiger partial charge on any atom is -0.354 e. The van der Waals surface area contributed by atoms with E-state index in [1.807, 2.05) is 36.1 Å². The molecule has 4 rings (SSSR count). The predicted octanol–water partition coefficient (Wildman–Crippen LogP) is 4.14. The second-order valence-corrected chi connectivity index (χ2v) is 8.58. The molecule has 2 heterocycles. The Morgan fingerprint density at radius 2 is 2.00 bits per heavy atom. The van der Waals surface area contributed by atoms with Crippen LogP contribution < -0.4 is 5.32 Å². The molecule has 1 aromatic heterocycles. The molecule has 162 valence electrons. The lowest BCUT2D eigenvalue weighted by Crippen LogP contribution is -2.59. The van der Waals surface area contributed by atoms with Crippen LogP contribution in [0.15, 0.2) is 60.9 Å². The number of aromatic nitrogens is 1. The van der Waals surface area contributed by atoms with E-state index in [-0.39, 0.29) is 11.8 Å². The zero-order chi connectivity index (χ0) is 21.7. The van der Waals surface area contributed by atoms with Crippen molar-refractivity contribution in [1.29, 1.82) is 0 Å². The maximum absolute atomic E-state index is 13.4. The van der Waals surface area contributed by atoms with Gasteiger partial charge in [-0.05, 0) is 67.3 Å². The van der Waals surface area contributed by atoms with E-state index >= 15 is 0 Å². The number of carbonyl (C=O) groups excluding carboxylic acids is 2. The standard InChI is InChI=1S/C26H31N3O2/c1-2-28-25(31)26(14-7-17-29(26)24(30)18-20-8-3-4-9-20)19-22-10-5-6-11-23(22)21-12-15-27-16-13-21/h3,5-6,8,10-13,15-16,20H,2,4,7,9,14,17-19H2,1H3,(H,28,31). The van der Waals surface area contributed by atoms with Gasteiger partial charge in [0.2, 0.25) is 11.8 Å². The number of amides is 2. The number of hydrogen-bond acceptors (Lipinski definition) is 3. The summed E-state index contributed by atoms with van der Waals surface area (Å²) in [5, 5.41) is 3.03. The minimum atomic E-state index is -0.835. The molecule has 2 aliphatic rings. The molecule has 0 saturated carbocycles. The summed E-state index contributed by atoms with van der Waals surface area (Å²) in [5.74, 6) is 0.359. The molecular formula is C26H31N3O2. The van der Waals surface area contributed by atoms with Gasteiger partial charge < -0.3 is 10.2 Å². The molecule has 5 nitrogen and oxygen atoms in total. The van der Waals surface area contributed by atoms with E-state index in [2.05, 4.69) is 34.6 Å². The van der Waals surface area contributed by atoms with Gasteiger partial charge in [-0.15, -0.1) is 0 Å². The number of pyridine rings is 1. The number of benzene rings is 1. The van der Waals surface area contributed by atoms with Gasteiger partial charge in [-0.3, -0.25) is 14.6 Å². The smallest absolute Gasteiger partial charge is 0.246 e. The summed E-state index contributed by atoms with van der Waals surface area (Å²) in [6.07, 6.45) is 12.5. The van der Waals surface area contributed by atoms with E-state index in [9.17, 15) is 9.59 Å². The Morgan fingerprint density at radius 1 is 1.19 bits per heavy atom. The van der Waals surface area contributed by atoms with E-state index in [0.717, 1.165) is 36.0 Å². The summed E-state index contributed by atoms with van der Waals surface area (Å²) < 4.78 is 0. The molecular weight excluding hydrogens is 386 g/mol. The summed E-state index contributed by atoms with van der Waals surface area (Å²) in [7, 11) is 0. The summed E-state index contributed by atoms with van der Waals surface area (Å²) >= 11 is 0. The first-order chi connectivity index (χ1) is 15.1. The molecule has 1 aromatic carbocycles. The quantitative estimate of drug-likeness (QED) is 0.689. The highest BCUT2D eigenvalue weighted by Crippen LogP contribution is 2.37. The molecule has 0 radical (unpaired) electrons. The predicted molar refractivity (Wildman–Crippen MR) is 122 cm³/mol. The van der Waals surface area contributed by atoms with E-state index < -0.39 is 5.54 Å². The fourth-order valence-electron chi connectivity index (χ4n) is 5.07. The van der Waals surface area contributed by atoms with Gasteiger partial charge in [-0.25, -0.2) is 0 Å². The maximum atomic E-state index is 13.4. The molecule has 1 aliphatic carbocycles. The van der Waals surface area contributed by atoms with Crippen LogP contribution in [0.2, 0.25) is 0 Å². The van der Waals surface area contributed by atoms with Crippen molar-refractivity contribution >= 4 is 11.8 Å². The van der Waals surface area contributed by atoms with Crippen LogP contribution in [-0.2, 0) is 16.0 Å². The van der Waals surface area contributed by atoms with Gasteiger partial charge in [0, 0.05) is 38.3 Å². The molecule has 0 spiro atoms. The molecule has 0 bridgehead atoms. The molecule has 2 unspecified atom stereocenters. The molecule has 1 N–H and O–H groups in total. The number of carbonyl (C=O) groups is 2. The Hall–Kier alpha value is -2.95. The Labute approximate surface area is 184 Å². The molecule has 1 fully saturated rings. The zero-order valence-corrected chi connectivity index (χ0v) is 18.2. The zero-order valence-electron chi connectivity index (χ0n) is 18.2. The number of likely N-dealkylation sites (N-methyl/N-ethyl adjacent to an activating group) is 1. The highest BCUT2D eigenvalue weighted by Gasteiger charge is 2.49. The highest BCUT2D eigenvalue weighted by atomic mass is 16.2. The first-order valence-corrected chi connectivity index (χ1v) is 11.4. The fraction of sp³-hybridized carbons (Fsp3) is 0.423. The van der Waals surface area contributed by atoms with Crippen molar-refractivity contribution in [2.75, 3.05) is 13.1 Å². The Balaban J connectivity index is 1.68. The summed E-state index contributed by atoms with van der Waals surface area (Å²) in [4.78, 5) is 32.8. The number of nitrogens with one attached hydrogen (secondary N) is 1. The number of allylic oxidation sites excluding steroid dienone is 2. The van der Waals surface area contributed by atoms with Crippen LogP contribution in [0.25, 0.3) is 11.1 Å². The number of rotatable bonds is 7. The third-order valence-corrected chi connectivity index (χ3v) is 6.59. The van der Waals surface area contributed by atoms with Crippen molar-refractivity contribution in [2.24, 2.45) is 5.92 Å². The lowest BCUT2D eigenvalue weighted by atomic mass is 9.83. The van der Waals surface area contributed by atoms with Crippen LogP contribution in [0.3, 0.4) is 0 Å². The molecule has 2 aromatic rings. The van der Waals surface area contributed by atoms with Gasteiger partial charge in [0.1, 0.15) is 5.54 Å². The van der Waals surface area contributed by atoms with Crippen LogP contribution in [-0.4, -0.2) is 40.3 Å². The highest BCUT2D eigenvalue weighted by molar-refractivity contribution is 5.93. The topological polar surface area (TPSA) is 62.3 Å². The second kappa shape index (κ2) is 9.46. The van der Waals surface area contributed by atoms with Gasteiger partial charge >= 0.3 is 0 Å². The van der Waals surface area contributed by atoms with E-state index in [4.69, 9.17) is 0 Å². The van der Waals surface area contributed by atoms with Gasteiger partial charge in [-0.2, -0.15) is 0 Å². The number of nitrogens with zero attached hydrogens (tertiary/aromatic N) is 2. The molecule has 2 atom stereocenters. The van der Waals surface area contributed by atoms with Crippen LogP contribution in [0.1, 0.15) is 44.6 Å². The van der Waals surface area contributed by atoms with Gasteiger partial charge in [0.15, 0.2) is 0 Å². The average molecular weight is 418 g/mol. The maximum Gasteiger partial charge on any atom is 0.246 e. The van der Waals surface area contributed by atoms with E-state index in [1.165, 1.54) is 0 Å². The largest absolute Gasteiger partial charge is 0.354 e. The molecule has 1 saturated heterocycles. The van der Waals surface area contributed by atoms with Crippen molar-refractivity contribution in [2.45, 2.75) is 51.0 Å². The van der Waals surface area contributed by atoms with E-state index in [0.29, 0.717) is 38.3 Å². The summed E-state index contributed by atoms with van der Waals surface area (Å²) in [5.41, 5.74) is 2.41. The van der Waals surface area contributed by atoms with Crippen LogP contribution >= 0.6 is 0 Å². The van der Waals surface area contributed by atoms with E-state index in [1.54, 1.807) is 12.4 Å². The second-order valence-electron chi connectivity index (χ2n) is 8.58. The van der Waals surface area contributed by atoms with Crippen LogP contribution in [0.5, 0.6) is 0 Å². The Kier molecular flexibility index (Phi) is 6.50. The minimum absolute atomic E-state index is 0.0349. The number of hydrogen-bond donors (Lipinski definition) is 1. The first-order valence-electron chi connectivity index (χ1n) is 11.4. The monoisotopic (exact) mass is 417 g/mol. The molecule has 5 heteroatoms. The van der Waals surface area contributed by atoms with Crippen molar-refractivity contribution in [1.82, 2.24) is 15.2 Å². The van der Waals surface area contributed by atoms with Gasteiger partial charge in [0.25, 0.3) is 0 Å². The average Bonchev–Trinajstić information content (AvgIpc) is 3.45. The van der Waals surface area contributed by atoms with Crippen molar-refractivity contribution in [3.8, 4) is 11.1 Å².